The van der Waals surface area contributed by atoms with Crippen molar-refractivity contribution in [1.82, 2.24) is 29.8 Å². The molecule has 4 aromatic rings. The molecule has 1 N–H and O–H groups in total. The van der Waals surface area contributed by atoms with Crippen LogP contribution in [0.2, 0.25) is 0 Å². The molecular weight excluding hydrogens is 478 g/mol. The fourth-order valence-electron chi connectivity index (χ4n) is 6.07. The normalized spacial score (nSPS) is 21.2. The Labute approximate surface area is 211 Å². The minimum Gasteiger partial charge on any atom is -0.434 e. The van der Waals surface area contributed by atoms with Gasteiger partial charge in [-0.2, -0.15) is 13.9 Å². The van der Waals surface area contributed by atoms with Crippen LogP contribution in [0.4, 0.5) is 8.78 Å². The van der Waals surface area contributed by atoms with Gasteiger partial charge in [-0.1, -0.05) is 6.07 Å². The van der Waals surface area contributed by atoms with Gasteiger partial charge in [-0.25, -0.2) is 9.50 Å². The maximum absolute atomic E-state index is 13.3. The molecule has 3 aliphatic rings. The number of nitrogens with zero attached hydrogens (tertiary/aromatic N) is 5. The minimum atomic E-state index is -3.00. The molecule has 2 unspecified atom stereocenters. The molecule has 2 bridgehead atoms. The topological polar surface area (TPSA) is 84.7 Å². The van der Waals surface area contributed by atoms with Gasteiger partial charge >= 0.3 is 6.61 Å². The maximum atomic E-state index is 13.3. The smallest absolute Gasteiger partial charge is 0.387 e. The molecule has 2 aliphatic heterocycles. The van der Waals surface area contributed by atoms with E-state index < -0.39 is 6.61 Å². The predicted molar refractivity (Wildman–Crippen MR) is 130 cm³/mol. The third kappa shape index (κ3) is 3.14. The molecule has 1 aromatic carbocycles. The zero-order chi connectivity index (χ0) is 25.6. The van der Waals surface area contributed by atoms with Crippen LogP contribution in [0, 0.1) is 0 Å². The molecule has 1 aliphatic carbocycles. The predicted octanol–water partition coefficient (Wildman–Crippen LogP) is 4.39. The Hall–Kier alpha value is -3.92. The molecule has 5 heterocycles. The Kier molecular flexibility index (Phi) is 4.55. The van der Waals surface area contributed by atoms with Gasteiger partial charge in [-0.15, -0.1) is 0 Å². The number of benzene rings is 1. The van der Waals surface area contributed by atoms with Crippen LogP contribution in [0.15, 0.2) is 42.6 Å². The van der Waals surface area contributed by atoms with Crippen molar-refractivity contribution in [2.45, 2.75) is 50.9 Å². The summed E-state index contributed by atoms with van der Waals surface area (Å²) < 4.78 is 33.3. The van der Waals surface area contributed by atoms with E-state index in [0.717, 1.165) is 40.4 Å². The van der Waals surface area contributed by atoms with Crippen LogP contribution in [0.1, 0.15) is 70.8 Å². The van der Waals surface area contributed by atoms with Crippen LogP contribution in [-0.4, -0.2) is 44.0 Å². The van der Waals surface area contributed by atoms with Crippen molar-refractivity contribution < 1.29 is 18.3 Å². The van der Waals surface area contributed by atoms with E-state index in [-0.39, 0.29) is 29.2 Å². The van der Waals surface area contributed by atoms with E-state index in [2.05, 4.69) is 30.2 Å². The van der Waals surface area contributed by atoms with Crippen molar-refractivity contribution in [3.05, 3.63) is 76.4 Å². The summed E-state index contributed by atoms with van der Waals surface area (Å²) in [4.78, 5) is 24.4. The molecule has 10 heteroatoms. The Balaban J connectivity index is 1.42. The van der Waals surface area contributed by atoms with Crippen molar-refractivity contribution in [3.63, 3.8) is 0 Å². The lowest BCUT2D eigenvalue weighted by atomic mass is 9.91. The van der Waals surface area contributed by atoms with Gasteiger partial charge in [0, 0.05) is 47.9 Å². The number of aromatic nitrogens is 4. The van der Waals surface area contributed by atoms with Gasteiger partial charge in [-0.3, -0.25) is 9.78 Å². The highest BCUT2D eigenvalue weighted by molar-refractivity contribution is 5.98. The number of carbonyl (C=O) groups excluding carboxylic acids is 1. The number of hydrogen-bond acceptors (Lipinski definition) is 6. The Morgan fingerprint density at radius 1 is 1.22 bits per heavy atom. The molecule has 0 spiro atoms. The van der Waals surface area contributed by atoms with Crippen LogP contribution in [0.5, 0.6) is 5.75 Å². The highest BCUT2D eigenvalue weighted by Crippen LogP contribution is 2.52. The molecular formula is C27H24F2N6O2. The number of hydrogen-bond donors (Lipinski definition) is 1. The van der Waals surface area contributed by atoms with Crippen LogP contribution >= 0.6 is 0 Å². The fourth-order valence-corrected chi connectivity index (χ4v) is 6.07. The Morgan fingerprint density at radius 3 is 2.86 bits per heavy atom. The first-order valence-corrected chi connectivity index (χ1v) is 12.2. The second-order valence-corrected chi connectivity index (χ2v) is 10.4. The average Bonchev–Trinajstić information content (AvgIpc) is 3.50. The number of ether oxygens (including phenoxy) is 1. The number of carbonyl (C=O) groups is 1. The van der Waals surface area contributed by atoms with Crippen molar-refractivity contribution in [1.29, 1.82) is 0 Å². The SMILES string of the molecule is CN1C(=O)c2cccc(OC(F)F)c2C2CC1c1nc3ccc(-c4cnc5c(c4)C(C)(C)NC5)nn3c12. The van der Waals surface area contributed by atoms with Crippen LogP contribution < -0.4 is 10.1 Å². The monoisotopic (exact) mass is 502 g/mol. The summed E-state index contributed by atoms with van der Waals surface area (Å²) in [5, 5.41) is 8.42. The van der Waals surface area contributed by atoms with Crippen LogP contribution in [-0.2, 0) is 12.1 Å². The number of halogens is 2. The number of nitrogens with one attached hydrogen (secondary N) is 1. The summed E-state index contributed by atoms with van der Waals surface area (Å²) in [5.74, 6) is -0.603. The van der Waals surface area contributed by atoms with Crippen molar-refractivity contribution in [2.75, 3.05) is 7.05 Å². The highest BCUT2D eigenvalue weighted by Gasteiger charge is 2.46. The lowest BCUT2D eigenvalue weighted by Gasteiger charge is -2.23. The molecule has 8 nitrogen and oxygen atoms in total. The van der Waals surface area contributed by atoms with Crippen molar-refractivity contribution in [3.8, 4) is 17.0 Å². The maximum Gasteiger partial charge on any atom is 0.387 e. The van der Waals surface area contributed by atoms with Crippen molar-refractivity contribution >= 4 is 11.6 Å². The van der Waals surface area contributed by atoms with E-state index in [1.54, 1.807) is 28.6 Å². The largest absolute Gasteiger partial charge is 0.434 e. The van der Waals surface area contributed by atoms with Gasteiger partial charge in [0.2, 0.25) is 0 Å². The summed E-state index contributed by atoms with van der Waals surface area (Å²) in [5.41, 5.74) is 6.58. The summed E-state index contributed by atoms with van der Waals surface area (Å²) >= 11 is 0. The molecule has 3 aromatic heterocycles. The number of alkyl halides is 2. The molecule has 0 radical (unpaired) electrons. The van der Waals surface area contributed by atoms with Gasteiger partial charge in [0.05, 0.1) is 28.8 Å². The van der Waals surface area contributed by atoms with E-state index >= 15 is 0 Å². The lowest BCUT2D eigenvalue weighted by molar-refractivity contribution is -0.0506. The molecule has 1 amide bonds. The first-order valence-electron chi connectivity index (χ1n) is 12.2. The molecule has 0 saturated heterocycles. The number of rotatable bonds is 3. The van der Waals surface area contributed by atoms with Crippen molar-refractivity contribution in [2.24, 2.45) is 0 Å². The zero-order valence-electron chi connectivity index (χ0n) is 20.5. The van der Waals surface area contributed by atoms with Gasteiger partial charge in [0.1, 0.15) is 5.75 Å². The van der Waals surface area contributed by atoms with E-state index in [4.69, 9.17) is 14.8 Å². The zero-order valence-corrected chi connectivity index (χ0v) is 20.5. The summed E-state index contributed by atoms with van der Waals surface area (Å²) in [7, 11) is 1.73. The third-order valence-corrected chi connectivity index (χ3v) is 7.93. The third-order valence-electron chi connectivity index (χ3n) is 7.93. The van der Waals surface area contributed by atoms with Gasteiger partial charge < -0.3 is 15.0 Å². The standard InChI is InChI=1S/C27H24F2N6O2/c1-27(2)16-9-13(11-30-18(16)12-31-27)17-7-8-21-32-23-19-10-15(24(23)35(21)33-17)22-14(25(36)34(19)3)5-4-6-20(22)37-26(28)29/h4-9,11,15,19,26,31H,10,12H2,1-3H3. The van der Waals surface area contributed by atoms with Gasteiger partial charge in [-0.05, 0) is 56.2 Å². The van der Waals surface area contributed by atoms with E-state index in [1.807, 2.05) is 18.3 Å². The lowest BCUT2D eigenvalue weighted by Crippen LogP contribution is -2.30. The van der Waals surface area contributed by atoms with Crippen LogP contribution in [0.3, 0.4) is 0 Å². The molecule has 0 fully saturated rings. The van der Waals surface area contributed by atoms with Gasteiger partial charge in [0.25, 0.3) is 5.91 Å². The Bertz CT molecular complexity index is 1610. The number of fused-ring (bicyclic) bond motifs is 10. The summed E-state index contributed by atoms with van der Waals surface area (Å²) in [6, 6.07) is 10.4. The number of imidazole rings is 1. The summed E-state index contributed by atoms with van der Waals surface area (Å²) in [6.45, 7) is 1.97. The van der Waals surface area contributed by atoms with E-state index in [0.29, 0.717) is 23.2 Å². The fraction of sp³-hybridized carbons (Fsp3) is 0.333. The quantitative estimate of drug-likeness (QED) is 0.447. The Morgan fingerprint density at radius 2 is 2.05 bits per heavy atom. The van der Waals surface area contributed by atoms with Gasteiger partial charge in [0.15, 0.2) is 5.65 Å². The van der Waals surface area contributed by atoms with E-state index in [1.165, 1.54) is 6.07 Å². The number of amides is 1. The first kappa shape index (κ1) is 22.3. The van der Waals surface area contributed by atoms with Crippen LogP contribution in [0.25, 0.3) is 16.9 Å². The molecule has 188 valence electrons. The average molecular weight is 503 g/mol. The number of pyridine rings is 1. The first-order chi connectivity index (χ1) is 17.7. The molecule has 37 heavy (non-hydrogen) atoms. The molecule has 7 rings (SSSR count). The summed E-state index contributed by atoms with van der Waals surface area (Å²) in [6.07, 6.45) is 2.35. The minimum absolute atomic E-state index is 0.0106. The molecule has 2 atom stereocenters. The molecule has 0 saturated carbocycles. The highest BCUT2D eigenvalue weighted by atomic mass is 19.3. The second-order valence-electron chi connectivity index (χ2n) is 10.4. The van der Waals surface area contributed by atoms with E-state index in [9.17, 15) is 13.6 Å². The second kappa shape index (κ2) is 7.55.